The molecule has 1 atom stereocenters. The maximum absolute atomic E-state index is 11.7. The van der Waals surface area contributed by atoms with Crippen LogP contribution in [0, 0.1) is 0 Å². The van der Waals surface area contributed by atoms with E-state index >= 15 is 0 Å². The monoisotopic (exact) mass is 262 g/mol. The maximum atomic E-state index is 11.7. The minimum absolute atomic E-state index is 0.0249. The molecule has 1 aromatic heterocycles. The quantitative estimate of drug-likeness (QED) is 0.711. The second-order valence-corrected chi connectivity index (χ2v) is 4.45. The summed E-state index contributed by atoms with van der Waals surface area (Å²) in [7, 11) is 0. The normalized spacial score (nSPS) is 18.0. The summed E-state index contributed by atoms with van der Waals surface area (Å²) in [5.74, 6) is 0.345. The van der Waals surface area contributed by atoms with E-state index in [1.54, 1.807) is 24.4 Å². The van der Waals surface area contributed by atoms with Gasteiger partial charge in [0, 0.05) is 19.2 Å². The zero-order valence-electron chi connectivity index (χ0n) is 10.7. The van der Waals surface area contributed by atoms with Crippen molar-refractivity contribution >= 4 is 17.6 Å². The second kappa shape index (κ2) is 6.84. The summed E-state index contributed by atoms with van der Waals surface area (Å²) in [6, 6.07) is 5.21. The molecule has 1 aromatic rings. The lowest BCUT2D eigenvalue weighted by Gasteiger charge is -2.10. The molecule has 2 amide bonds. The summed E-state index contributed by atoms with van der Waals surface area (Å²) < 4.78 is 0. The summed E-state index contributed by atoms with van der Waals surface area (Å²) >= 11 is 0. The highest BCUT2D eigenvalue weighted by atomic mass is 16.2. The highest BCUT2D eigenvalue weighted by Crippen LogP contribution is 2.04. The molecule has 102 valence electrons. The van der Waals surface area contributed by atoms with Crippen LogP contribution in [-0.4, -0.2) is 35.9 Å². The zero-order valence-corrected chi connectivity index (χ0v) is 10.7. The Labute approximate surface area is 112 Å². The molecule has 2 heterocycles. The number of carbonyl (C=O) groups excluding carboxylic acids is 2. The molecule has 1 saturated heterocycles. The molecule has 19 heavy (non-hydrogen) atoms. The van der Waals surface area contributed by atoms with E-state index in [2.05, 4.69) is 20.9 Å². The molecule has 0 radical (unpaired) electrons. The number of nitrogens with zero attached hydrogens (tertiary/aromatic N) is 1. The van der Waals surface area contributed by atoms with Gasteiger partial charge < -0.3 is 16.0 Å². The zero-order chi connectivity index (χ0) is 13.5. The third-order valence-corrected chi connectivity index (χ3v) is 2.96. The van der Waals surface area contributed by atoms with Crippen molar-refractivity contribution < 1.29 is 9.59 Å². The van der Waals surface area contributed by atoms with E-state index in [0.29, 0.717) is 12.4 Å². The molecule has 2 rings (SSSR count). The van der Waals surface area contributed by atoms with Gasteiger partial charge in [0.05, 0.1) is 6.04 Å². The number of amides is 2. The fourth-order valence-electron chi connectivity index (χ4n) is 1.97. The topological polar surface area (TPSA) is 83.1 Å². The summed E-state index contributed by atoms with van der Waals surface area (Å²) in [5.41, 5.74) is 0. The Kier molecular flexibility index (Phi) is 4.85. The molecule has 0 aromatic carbocycles. The SMILES string of the molecule is O=C(CCNC(=O)C1CCCN1)Nc1ccccn1. The van der Waals surface area contributed by atoms with Crippen LogP contribution in [-0.2, 0) is 9.59 Å². The Balaban J connectivity index is 1.65. The van der Waals surface area contributed by atoms with Crippen LogP contribution in [0.25, 0.3) is 0 Å². The van der Waals surface area contributed by atoms with Crippen LogP contribution in [0.15, 0.2) is 24.4 Å². The molecule has 1 aliphatic heterocycles. The van der Waals surface area contributed by atoms with Crippen LogP contribution < -0.4 is 16.0 Å². The van der Waals surface area contributed by atoms with E-state index in [0.717, 1.165) is 19.4 Å². The van der Waals surface area contributed by atoms with Crippen LogP contribution in [0.4, 0.5) is 5.82 Å². The van der Waals surface area contributed by atoms with Gasteiger partial charge in [-0.3, -0.25) is 9.59 Å². The Morgan fingerprint density at radius 3 is 3.00 bits per heavy atom. The second-order valence-electron chi connectivity index (χ2n) is 4.45. The van der Waals surface area contributed by atoms with Crippen molar-refractivity contribution in [1.82, 2.24) is 15.6 Å². The molecule has 0 bridgehead atoms. The number of carbonyl (C=O) groups is 2. The van der Waals surface area contributed by atoms with Gasteiger partial charge in [-0.25, -0.2) is 4.98 Å². The molecular weight excluding hydrogens is 244 g/mol. The van der Waals surface area contributed by atoms with Crippen LogP contribution >= 0.6 is 0 Å². The van der Waals surface area contributed by atoms with Crippen LogP contribution in [0.2, 0.25) is 0 Å². The van der Waals surface area contributed by atoms with Crippen molar-refractivity contribution in [1.29, 1.82) is 0 Å². The predicted molar refractivity (Wildman–Crippen MR) is 71.5 cm³/mol. The van der Waals surface area contributed by atoms with Gasteiger partial charge in [-0.1, -0.05) is 6.07 Å². The molecule has 0 aliphatic carbocycles. The molecule has 0 saturated carbocycles. The van der Waals surface area contributed by atoms with Crippen molar-refractivity contribution in [3.8, 4) is 0 Å². The lowest BCUT2D eigenvalue weighted by Crippen LogP contribution is -2.41. The van der Waals surface area contributed by atoms with Gasteiger partial charge in [0.25, 0.3) is 0 Å². The number of rotatable bonds is 5. The van der Waals surface area contributed by atoms with Crippen LogP contribution in [0.3, 0.4) is 0 Å². The van der Waals surface area contributed by atoms with Gasteiger partial charge in [0.1, 0.15) is 5.82 Å². The lowest BCUT2D eigenvalue weighted by molar-refractivity contribution is -0.122. The van der Waals surface area contributed by atoms with E-state index in [1.807, 2.05) is 0 Å². The van der Waals surface area contributed by atoms with Gasteiger partial charge in [-0.2, -0.15) is 0 Å². The minimum Gasteiger partial charge on any atom is -0.354 e. The molecule has 6 heteroatoms. The van der Waals surface area contributed by atoms with E-state index < -0.39 is 0 Å². The van der Waals surface area contributed by atoms with E-state index in [9.17, 15) is 9.59 Å². The van der Waals surface area contributed by atoms with Gasteiger partial charge >= 0.3 is 0 Å². The van der Waals surface area contributed by atoms with E-state index in [-0.39, 0.29) is 24.3 Å². The van der Waals surface area contributed by atoms with Crippen molar-refractivity contribution in [2.75, 3.05) is 18.4 Å². The summed E-state index contributed by atoms with van der Waals surface area (Å²) in [5, 5.41) is 8.54. The molecular formula is C13H18N4O2. The fraction of sp³-hybridized carbons (Fsp3) is 0.462. The Bertz CT molecular complexity index is 430. The molecule has 3 N–H and O–H groups in total. The Hall–Kier alpha value is -1.95. The highest BCUT2D eigenvalue weighted by Gasteiger charge is 2.21. The average Bonchev–Trinajstić information content (AvgIpc) is 2.93. The Morgan fingerprint density at radius 2 is 2.32 bits per heavy atom. The standard InChI is InChI=1S/C13H18N4O2/c18-12(17-11-5-1-2-7-15-11)6-9-16-13(19)10-4-3-8-14-10/h1-2,5,7,10,14H,3-4,6,8-9H2,(H,16,19)(H,15,17,18). The number of pyridine rings is 1. The molecule has 0 spiro atoms. The van der Waals surface area contributed by atoms with E-state index in [1.165, 1.54) is 0 Å². The third kappa shape index (κ3) is 4.33. The smallest absolute Gasteiger partial charge is 0.237 e. The van der Waals surface area contributed by atoms with Crippen molar-refractivity contribution in [3.63, 3.8) is 0 Å². The molecule has 1 aliphatic rings. The summed E-state index contributed by atoms with van der Waals surface area (Å²) in [6.45, 7) is 1.23. The predicted octanol–water partition coefficient (Wildman–Crippen LogP) is 0.278. The third-order valence-electron chi connectivity index (χ3n) is 2.96. The highest BCUT2D eigenvalue weighted by molar-refractivity contribution is 5.90. The number of nitrogens with one attached hydrogen (secondary N) is 3. The first kappa shape index (κ1) is 13.5. The van der Waals surface area contributed by atoms with Crippen molar-refractivity contribution in [2.45, 2.75) is 25.3 Å². The van der Waals surface area contributed by atoms with Crippen LogP contribution in [0.5, 0.6) is 0 Å². The number of hydrogen-bond acceptors (Lipinski definition) is 4. The lowest BCUT2D eigenvalue weighted by atomic mass is 10.2. The van der Waals surface area contributed by atoms with Gasteiger partial charge in [0.15, 0.2) is 0 Å². The number of hydrogen-bond donors (Lipinski definition) is 3. The Morgan fingerprint density at radius 1 is 1.42 bits per heavy atom. The first-order chi connectivity index (χ1) is 9.25. The molecule has 1 unspecified atom stereocenters. The first-order valence-electron chi connectivity index (χ1n) is 6.47. The summed E-state index contributed by atoms with van der Waals surface area (Å²) in [4.78, 5) is 27.3. The van der Waals surface area contributed by atoms with Gasteiger partial charge in [0.2, 0.25) is 11.8 Å². The maximum Gasteiger partial charge on any atom is 0.237 e. The fourth-order valence-corrected chi connectivity index (χ4v) is 1.97. The molecule has 1 fully saturated rings. The first-order valence-corrected chi connectivity index (χ1v) is 6.47. The van der Waals surface area contributed by atoms with Crippen molar-refractivity contribution in [3.05, 3.63) is 24.4 Å². The van der Waals surface area contributed by atoms with Crippen molar-refractivity contribution in [2.24, 2.45) is 0 Å². The number of aromatic nitrogens is 1. The average molecular weight is 262 g/mol. The van der Waals surface area contributed by atoms with Crippen LogP contribution in [0.1, 0.15) is 19.3 Å². The largest absolute Gasteiger partial charge is 0.354 e. The molecule has 6 nitrogen and oxygen atoms in total. The van der Waals surface area contributed by atoms with Gasteiger partial charge in [-0.15, -0.1) is 0 Å². The van der Waals surface area contributed by atoms with Gasteiger partial charge in [-0.05, 0) is 31.5 Å². The number of anilines is 1. The minimum atomic E-state index is -0.154. The van der Waals surface area contributed by atoms with E-state index in [4.69, 9.17) is 0 Å². The summed E-state index contributed by atoms with van der Waals surface area (Å²) in [6.07, 6.45) is 3.75.